The van der Waals surface area contributed by atoms with Gasteiger partial charge >= 0.3 is 297 Å². The van der Waals surface area contributed by atoms with E-state index in [0.717, 1.165) is 47.0 Å². The quantitative estimate of drug-likeness (QED) is 0.0194. The third kappa shape index (κ3) is 27.0. The van der Waals surface area contributed by atoms with E-state index in [1.807, 2.05) is 51.3 Å². The summed E-state index contributed by atoms with van der Waals surface area (Å²) in [5.74, 6) is 0. The molecule has 8 heterocycles. The van der Waals surface area contributed by atoms with Crippen LogP contribution in [-0.4, -0.2) is 124 Å². The van der Waals surface area contributed by atoms with Crippen LogP contribution in [0, 0.1) is 2.88 Å². The van der Waals surface area contributed by atoms with Crippen LogP contribution in [0.15, 0.2) is 70.1 Å². The zero-order valence-corrected chi connectivity index (χ0v) is 89.8. The normalized spacial score (nSPS) is 12.9. The predicted octanol–water partition coefficient (Wildman–Crippen LogP) is 25.7. The van der Waals surface area contributed by atoms with Crippen LogP contribution >= 0.6 is 174 Å². The summed E-state index contributed by atoms with van der Waals surface area (Å²) < 4.78 is 209. The largest absolute Gasteiger partial charge is 0.362 e. The van der Waals surface area contributed by atoms with Crippen molar-refractivity contribution in [3.8, 4) is 48.8 Å². The molecule has 0 fully saturated rings. The first kappa shape index (κ1) is 107. The van der Waals surface area contributed by atoms with E-state index in [9.17, 15) is 36.5 Å². The van der Waals surface area contributed by atoms with Crippen molar-refractivity contribution >= 4 is 238 Å². The van der Waals surface area contributed by atoms with Gasteiger partial charge in [0.25, 0.3) is 0 Å². The monoisotopic (exact) mass is 2170 g/mol. The maximum Gasteiger partial charge on any atom is 0.362 e. The molecule has 118 heavy (non-hydrogen) atoms. The van der Waals surface area contributed by atoms with Gasteiger partial charge in [-0.3, -0.25) is 27.4 Å². The second kappa shape index (κ2) is 51.7. The Morgan fingerprint density at radius 3 is 0.822 bits per heavy atom. The van der Waals surface area contributed by atoms with Gasteiger partial charge in [0.15, 0.2) is 0 Å². The molecule has 0 saturated carbocycles. The Morgan fingerprint density at radius 2 is 0.517 bits per heavy atom. The van der Waals surface area contributed by atoms with E-state index in [1.165, 1.54) is 115 Å². The van der Waals surface area contributed by atoms with Gasteiger partial charge in [0, 0.05) is 30.3 Å². The van der Waals surface area contributed by atoms with Crippen molar-refractivity contribution in [1.29, 1.82) is 0 Å². The van der Waals surface area contributed by atoms with Crippen LogP contribution < -0.4 is 45.3 Å². The zero-order valence-electron chi connectivity index (χ0n) is 71.1. The van der Waals surface area contributed by atoms with Gasteiger partial charge in [0.2, 0.25) is 0 Å². The summed E-state index contributed by atoms with van der Waals surface area (Å²) in [5, 5.41) is 11.0. The molecular weight excluding hydrogens is 2050 g/mol. The van der Waals surface area contributed by atoms with Crippen molar-refractivity contribution in [3.05, 3.63) is 72.9 Å². The van der Waals surface area contributed by atoms with Gasteiger partial charge in [-0.1, -0.05) is 0 Å². The molecule has 0 aliphatic carbocycles. The molecule has 24 nitrogen and oxygen atoms in total. The van der Waals surface area contributed by atoms with Crippen molar-refractivity contribution < 1.29 is 109 Å². The number of hydrogen-bond donors (Lipinski definition) is 0. The molecule has 0 unspecified atom stereocenters. The van der Waals surface area contributed by atoms with Gasteiger partial charge in [-0.05, 0) is 147 Å². The summed E-state index contributed by atoms with van der Waals surface area (Å²) in [6.07, 6.45) is 7.04. The zero-order chi connectivity index (χ0) is 87.2. The maximum absolute atomic E-state index is 14.6. The van der Waals surface area contributed by atoms with Crippen LogP contribution in [0.2, 0.25) is 13.3 Å². The Hall–Kier alpha value is 0.329. The minimum Gasteiger partial charge on any atom is -0.305 e. The molecule has 0 N–H and O–H groups in total. The fourth-order valence-electron chi connectivity index (χ4n) is 12.5. The summed E-state index contributed by atoms with van der Waals surface area (Å²) in [6.45, 7) is 38.7. The Labute approximate surface area is 749 Å². The second-order valence-electron chi connectivity index (χ2n) is 25.1. The van der Waals surface area contributed by atoms with E-state index >= 15 is 0 Å². The summed E-state index contributed by atoms with van der Waals surface area (Å²) in [4.78, 5) is 7.02. The van der Waals surface area contributed by atoms with E-state index in [1.54, 1.807) is 141 Å². The average Bonchev–Trinajstić information content (AvgIpc) is 1.59. The smallest absolute Gasteiger partial charge is 0.305 e. The topological polar surface area (TPSA) is 284 Å². The van der Waals surface area contributed by atoms with Crippen molar-refractivity contribution in [1.82, 2.24) is 0 Å². The molecule has 0 spiro atoms. The Kier molecular flexibility index (Phi) is 46.9. The summed E-state index contributed by atoms with van der Waals surface area (Å²) >= 11 is 10.5. The van der Waals surface area contributed by atoms with Crippen LogP contribution in [-0.2, 0) is 109 Å². The molecule has 0 aliphatic heterocycles. The number of hydrogen-bond acceptors (Lipinski definition) is 32. The standard InChI is InChI=1S/C32H46O12P4S4.C16H23IO6P2S2.C16H23O6P2S2.3C4H9.Sn/c1-9-37-45(33,38-10-2)23-19-27(50-22-23)31-25(47(35,41-13-5)42-14-6)21-29(52-31)32-26(48(36,43-15-7)44-16-8)20-28(51-32)30-24(17-18-49-30)46(34,39-11-3)40-12-4;1-5-20-24(18,21-6-2)12-9-14(26-11-12)16-13(10-15(17)27-16)25(19,22-7-3)23-8-4;1-5-19-23(17,20-6-2)13-11-15(26-12-13)16-14(9-10-25-16)24(18,21-7-3)22-8-4;3*1-3-4-2;/h17-22H,9-16H2,1-8H3;9-11H,5-8H2,1-4H3;9-11H,5-8H2,1-4H3;3*1,3-4H2,2H3;. The Morgan fingerprint density at radius 1 is 0.271 bits per heavy atom. The molecule has 0 aromatic carbocycles. The third-order valence-electron chi connectivity index (χ3n) is 17.1. The number of unbranched alkanes of at least 4 members (excludes halogenated alkanes) is 3. The van der Waals surface area contributed by atoms with E-state index in [0.29, 0.717) is 92.8 Å². The molecule has 8 aromatic rings. The molecule has 8 rings (SSSR count). The minimum atomic E-state index is -3.92. The van der Waals surface area contributed by atoms with E-state index < -0.39 is 79.1 Å². The van der Waals surface area contributed by atoms with Crippen LogP contribution in [0.4, 0.5) is 0 Å². The van der Waals surface area contributed by atoms with Crippen molar-refractivity contribution in [2.75, 3.05) is 106 Å². The van der Waals surface area contributed by atoms with Crippen molar-refractivity contribution in [2.45, 2.75) is 183 Å². The first-order valence-corrected chi connectivity index (χ1v) is 67.8. The van der Waals surface area contributed by atoms with Crippen LogP contribution in [0.3, 0.4) is 0 Å². The Balaban J connectivity index is 0.000000289. The van der Waals surface area contributed by atoms with E-state index in [4.69, 9.17) is 72.4 Å². The van der Waals surface area contributed by atoms with Crippen molar-refractivity contribution in [2.24, 2.45) is 0 Å². The molecule has 666 valence electrons. The van der Waals surface area contributed by atoms with Gasteiger partial charge in [0.05, 0.1) is 134 Å². The molecule has 8 aromatic heterocycles. The van der Waals surface area contributed by atoms with Gasteiger partial charge in [0.1, 0.15) is 0 Å². The van der Waals surface area contributed by atoms with Gasteiger partial charge in [-0.25, -0.2) is 0 Å². The maximum atomic E-state index is 14.6. The molecular formula is C76H119IO24P8S8Sn. The van der Waals surface area contributed by atoms with Gasteiger partial charge < -0.3 is 54.3 Å². The first-order valence-electron chi connectivity index (χ1n) is 40.2. The molecule has 0 amide bonds. The SMILES string of the molecule is CCC[CH2][Sn]([CH2]CCC)([CH2]CCC)[c]1sc(-c2sccc2P(=O)(OCC)OCC)cc1P(=O)(OCC)OCC.CCOP(=O)(OCC)c1csc(-c2sc(-c3sc(-c4sccc4P(=O)(OCC)OCC)cc3P(=O)(OCC)OCC)cc2P(=O)(OCC)OCC)c1.CCOP(=O)(OCC)c1csc(-c2sc(I)cc2P(=O)(OCC)OCC)c1. The fourth-order valence-corrected chi connectivity index (χ4v) is 61.7. The van der Waals surface area contributed by atoms with Crippen LogP contribution in [0.1, 0.15) is 170 Å². The number of halogens is 1. The number of rotatable bonds is 55. The first-order chi connectivity index (χ1) is 56.4. The molecule has 0 bridgehead atoms. The van der Waals surface area contributed by atoms with E-state index in [2.05, 4.69) is 43.4 Å². The predicted molar refractivity (Wildman–Crippen MR) is 511 cm³/mol. The summed E-state index contributed by atoms with van der Waals surface area (Å²) in [5.41, 5.74) is 0. The minimum absolute atomic E-state index is 0.110. The number of thiophene rings is 8. The molecule has 42 heteroatoms. The van der Waals surface area contributed by atoms with E-state index in [-0.39, 0.29) is 79.3 Å². The summed E-state index contributed by atoms with van der Waals surface area (Å²) in [7, 11) is -29.0. The fraction of sp³-hybridized carbons (Fsp3) is 0.579. The third-order valence-corrected chi connectivity index (χ3v) is 64.2. The molecule has 0 radical (unpaired) electrons. The van der Waals surface area contributed by atoms with Crippen molar-refractivity contribution in [3.63, 3.8) is 0 Å². The van der Waals surface area contributed by atoms with Crippen LogP contribution in [0.25, 0.3) is 48.8 Å². The molecule has 0 aliphatic rings. The molecule has 0 saturated heterocycles. The molecule has 0 atom stereocenters. The van der Waals surface area contributed by atoms with Gasteiger partial charge in [-0.2, -0.15) is 0 Å². The van der Waals surface area contributed by atoms with Crippen LogP contribution in [0.5, 0.6) is 0 Å². The second-order valence-corrected chi connectivity index (χ2v) is 64.9. The van der Waals surface area contributed by atoms with Gasteiger partial charge in [-0.15, -0.1) is 68.0 Å². The summed E-state index contributed by atoms with van der Waals surface area (Å²) in [6, 6.07) is 14.4. The average molecular weight is 2170 g/mol. The Bertz CT molecular complexity index is 4690.